The smallest absolute Gasteiger partial charge is 0.398 e. The van der Waals surface area contributed by atoms with Gasteiger partial charge in [0.1, 0.15) is 5.82 Å². The van der Waals surface area contributed by atoms with Crippen molar-refractivity contribution in [2.75, 3.05) is 11.1 Å². The summed E-state index contributed by atoms with van der Waals surface area (Å²) in [5.74, 6) is -1.79. The number of amides is 1. The molecule has 0 bridgehead atoms. The molecule has 0 unspecified atom stereocenters. The van der Waals surface area contributed by atoms with Crippen LogP contribution < -0.4 is 11.1 Å². The van der Waals surface area contributed by atoms with Gasteiger partial charge in [0.2, 0.25) is 5.91 Å². The third kappa shape index (κ3) is 4.84. The molecule has 0 aliphatic carbocycles. The zero-order valence-corrected chi connectivity index (χ0v) is 17.1. The van der Waals surface area contributed by atoms with Gasteiger partial charge in [0.05, 0.1) is 6.42 Å². The molecule has 4 N–H and O–H groups in total. The summed E-state index contributed by atoms with van der Waals surface area (Å²) in [6, 6.07) is 13.2. The van der Waals surface area contributed by atoms with E-state index in [2.05, 4.69) is 5.32 Å². The molecule has 0 heterocycles. The van der Waals surface area contributed by atoms with Gasteiger partial charge in [-0.15, -0.1) is 0 Å². The lowest BCUT2D eigenvalue weighted by Crippen LogP contribution is -2.53. The first-order valence-corrected chi connectivity index (χ1v) is 9.63. The van der Waals surface area contributed by atoms with Crippen LogP contribution in [0.1, 0.15) is 11.1 Å². The normalized spacial score (nSPS) is 12.5. The molecule has 3 aromatic carbocycles. The number of anilines is 2. The molecular formula is C23H17F7N2O2. The lowest BCUT2D eigenvalue weighted by molar-refractivity contribution is -0.376. The molecule has 0 aromatic heterocycles. The van der Waals surface area contributed by atoms with Crippen LogP contribution >= 0.6 is 0 Å². The van der Waals surface area contributed by atoms with E-state index in [-0.39, 0.29) is 29.5 Å². The lowest BCUT2D eigenvalue weighted by Gasteiger charge is -2.32. The second-order valence-electron chi connectivity index (χ2n) is 7.40. The van der Waals surface area contributed by atoms with Crippen molar-refractivity contribution in [3.63, 3.8) is 0 Å². The Labute approximate surface area is 188 Å². The van der Waals surface area contributed by atoms with E-state index in [1.165, 1.54) is 24.3 Å². The third-order valence-electron chi connectivity index (χ3n) is 5.09. The Bertz CT molecular complexity index is 1180. The Balaban J connectivity index is 1.81. The highest BCUT2D eigenvalue weighted by Gasteiger charge is 2.71. The van der Waals surface area contributed by atoms with Gasteiger partial charge in [-0.3, -0.25) is 4.79 Å². The van der Waals surface area contributed by atoms with Crippen molar-refractivity contribution in [1.82, 2.24) is 0 Å². The summed E-state index contributed by atoms with van der Waals surface area (Å²) < 4.78 is 92.6. The molecule has 1 amide bonds. The molecule has 4 nitrogen and oxygen atoms in total. The molecular weight excluding hydrogens is 469 g/mol. The Hall–Kier alpha value is -3.60. The molecule has 180 valence electrons. The van der Waals surface area contributed by atoms with Crippen LogP contribution in [0.5, 0.6) is 0 Å². The summed E-state index contributed by atoms with van der Waals surface area (Å²) in [6.07, 6.45) is -12.3. The van der Waals surface area contributed by atoms with Crippen LogP contribution in [0.4, 0.5) is 42.1 Å². The number of benzene rings is 3. The van der Waals surface area contributed by atoms with E-state index >= 15 is 0 Å². The average molecular weight is 486 g/mol. The number of nitrogens with two attached hydrogens (primary N) is 1. The van der Waals surface area contributed by atoms with Crippen molar-refractivity contribution in [3.05, 3.63) is 83.7 Å². The minimum absolute atomic E-state index is 0.00371. The zero-order valence-electron chi connectivity index (χ0n) is 17.1. The molecule has 0 atom stereocenters. The Morgan fingerprint density at radius 1 is 0.882 bits per heavy atom. The fraction of sp³-hybridized carbons (Fsp3) is 0.174. The van der Waals surface area contributed by atoms with Crippen molar-refractivity contribution >= 4 is 17.3 Å². The number of carbonyl (C=O) groups is 1. The second kappa shape index (κ2) is 8.98. The molecule has 34 heavy (non-hydrogen) atoms. The van der Waals surface area contributed by atoms with Crippen molar-refractivity contribution < 1.29 is 40.6 Å². The number of halogens is 7. The molecule has 11 heteroatoms. The van der Waals surface area contributed by atoms with Gasteiger partial charge in [-0.1, -0.05) is 42.5 Å². The summed E-state index contributed by atoms with van der Waals surface area (Å²) in [6.45, 7) is 0. The van der Waals surface area contributed by atoms with Gasteiger partial charge in [0.15, 0.2) is 0 Å². The van der Waals surface area contributed by atoms with Gasteiger partial charge in [-0.2, -0.15) is 26.3 Å². The lowest BCUT2D eigenvalue weighted by atomic mass is 9.90. The summed E-state index contributed by atoms with van der Waals surface area (Å²) in [5.41, 5.74) is 0.0587. The maximum Gasteiger partial charge on any atom is 0.430 e. The van der Waals surface area contributed by atoms with Gasteiger partial charge < -0.3 is 16.2 Å². The SMILES string of the molecule is Nc1ccccc1CC(=O)Nc1ccc(-c2ccc(C(O)(C(F)(F)F)C(F)(F)F)cc2F)cc1. The van der Waals surface area contributed by atoms with E-state index in [0.717, 1.165) is 0 Å². The van der Waals surface area contributed by atoms with Crippen LogP contribution in [-0.4, -0.2) is 23.4 Å². The maximum atomic E-state index is 14.5. The van der Waals surface area contributed by atoms with Crippen LogP contribution in [0.2, 0.25) is 0 Å². The molecule has 0 saturated heterocycles. The second-order valence-corrected chi connectivity index (χ2v) is 7.40. The van der Waals surface area contributed by atoms with Crippen molar-refractivity contribution in [2.45, 2.75) is 24.4 Å². The molecule has 3 rings (SSSR count). The highest BCUT2D eigenvalue weighted by atomic mass is 19.4. The maximum absolute atomic E-state index is 14.5. The number of nitrogen functional groups attached to an aromatic ring is 1. The first kappa shape index (κ1) is 25.0. The van der Waals surface area contributed by atoms with Gasteiger partial charge in [0.25, 0.3) is 5.60 Å². The number of alkyl halides is 6. The summed E-state index contributed by atoms with van der Waals surface area (Å²) >= 11 is 0. The fourth-order valence-electron chi connectivity index (χ4n) is 3.27. The van der Waals surface area contributed by atoms with E-state index in [1.807, 2.05) is 0 Å². The molecule has 0 radical (unpaired) electrons. The molecule has 3 aromatic rings. The highest BCUT2D eigenvalue weighted by molar-refractivity contribution is 5.93. The molecule has 0 spiro atoms. The molecule has 0 fully saturated rings. The molecule has 0 aliphatic rings. The van der Waals surface area contributed by atoms with Gasteiger partial charge in [-0.05, 0) is 35.4 Å². The number of aliphatic hydroxyl groups is 1. The van der Waals surface area contributed by atoms with Gasteiger partial charge in [-0.25, -0.2) is 4.39 Å². The number of nitrogens with one attached hydrogen (secondary N) is 1. The Morgan fingerprint density at radius 2 is 1.47 bits per heavy atom. The van der Waals surface area contributed by atoms with E-state index < -0.39 is 29.3 Å². The molecule has 0 saturated carbocycles. The van der Waals surface area contributed by atoms with Crippen molar-refractivity contribution in [2.24, 2.45) is 0 Å². The Morgan fingerprint density at radius 3 is 2.00 bits per heavy atom. The molecule has 0 aliphatic heterocycles. The van der Waals surface area contributed by atoms with Crippen LogP contribution in [0.25, 0.3) is 11.1 Å². The summed E-state index contributed by atoms with van der Waals surface area (Å²) in [5, 5.41) is 12.0. The van der Waals surface area contributed by atoms with Crippen LogP contribution in [0, 0.1) is 5.82 Å². The van der Waals surface area contributed by atoms with Crippen LogP contribution in [-0.2, 0) is 16.8 Å². The van der Waals surface area contributed by atoms with E-state index in [9.17, 15) is 40.6 Å². The van der Waals surface area contributed by atoms with Crippen molar-refractivity contribution in [3.8, 4) is 11.1 Å². The first-order chi connectivity index (χ1) is 15.7. The quantitative estimate of drug-likeness (QED) is 0.326. The van der Waals surface area contributed by atoms with Crippen molar-refractivity contribution in [1.29, 1.82) is 0 Å². The van der Waals surface area contributed by atoms with Crippen LogP contribution in [0.3, 0.4) is 0 Å². The first-order valence-electron chi connectivity index (χ1n) is 9.63. The summed E-state index contributed by atoms with van der Waals surface area (Å²) in [7, 11) is 0. The standard InChI is InChI=1S/C23H17F7N2O2/c24-18-12-15(21(34,22(25,26)27)23(28,29)30)7-10-17(18)13-5-8-16(9-6-13)32-20(33)11-14-3-1-2-4-19(14)31/h1-10,12,34H,11,31H2,(H,32,33). The summed E-state index contributed by atoms with van der Waals surface area (Å²) in [4.78, 5) is 12.2. The van der Waals surface area contributed by atoms with E-state index in [4.69, 9.17) is 5.73 Å². The van der Waals surface area contributed by atoms with E-state index in [1.54, 1.807) is 24.3 Å². The number of hydrogen-bond acceptors (Lipinski definition) is 3. The number of para-hydroxylation sites is 1. The van der Waals surface area contributed by atoms with Crippen LogP contribution in [0.15, 0.2) is 66.7 Å². The zero-order chi connectivity index (χ0) is 25.3. The Kier molecular flexibility index (Phi) is 6.61. The number of carbonyl (C=O) groups excluding carboxylic acids is 1. The minimum Gasteiger partial charge on any atom is -0.398 e. The predicted molar refractivity (Wildman–Crippen MR) is 111 cm³/mol. The van der Waals surface area contributed by atoms with Gasteiger partial charge >= 0.3 is 12.4 Å². The third-order valence-corrected chi connectivity index (χ3v) is 5.09. The topological polar surface area (TPSA) is 75.4 Å². The predicted octanol–water partition coefficient (Wildman–Crippen LogP) is 5.57. The van der Waals surface area contributed by atoms with Gasteiger partial charge in [0, 0.05) is 22.5 Å². The minimum atomic E-state index is -6.12. The highest BCUT2D eigenvalue weighted by Crippen LogP contribution is 2.50. The largest absolute Gasteiger partial charge is 0.430 e. The number of rotatable bonds is 5. The number of hydrogen-bond donors (Lipinski definition) is 3. The fourth-order valence-corrected chi connectivity index (χ4v) is 3.27. The van der Waals surface area contributed by atoms with E-state index in [0.29, 0.717) is 29.1 Å². The monoisotopic (exact) mass is 486 g/mol. The average Bonchev–Trinajstić information content (AvgIpc) is 2.74.